The maximum absolute atomic E-state index is 5.53. The van der Waals surface area contributed by atoms with Crippen LogP contribution in [0.2, 0.25) is 0 Å². The van der Waals surface area contributed by atoms with Gasteiger partial charge in [-0.3, -0.25) is 14.5 Å². The van der Waals surface area contributed by atoms with Crippen molar-refractivity contribution in [2.24, 2.45) is 0 Å². The van der Waals surface area contributed by atoms with E-state index in [1.54, 1.807) is 0 Å². The quantitative estimate of drug-likeness (QED) is 0.163. The number of hydrogen-bond donors (Lipinski definition) is 0. The number of benzene rings is 7. The van der Waals surface area contributed by atoms with Crippen molar-refractivity contribution in [3.05, 3.63) is 247 Å². The second-order valence-electron chi connectivity index (χ2n) is 14.6. The zero-order chi connectivity index (χ0) is 38.5. The molecule has 0 amide bonds. The van der Waals surface area contributed by atoms with Crippen molar-refractivity contribution in [3.8, 4) is 5.82 Å². The molecule has 7 aromatic carbocycles. The predicted molar refractivity (Wildman–Crippen MR) is 238 cm³/mol. The number of anilines is 6. The summed E-state index contributed by atoms with van der Waals surface area (Å²) in [6.07, 6.45) is 3.91. The molecule has 3 aromatic heterocycles. The predicted octanol–water partition coefficient (Wildman–Crippen LogP) is 13.2. The molecule has 0 radical (unpaired) electrons. The van der Waals surface area contributed by atoms with Crippen molar-refractivity contribution in [1.29, 1.82) is 0 Å². The second kappa shape index (κ2) is 13.8. The van der Waals surface area contributed by atoms with Crippen LogP contribution in [0.1, 0.15) is 22.3 Å². The Bertz CT molecular complexity index is 2940. The highest BCUT2D eigenvalue weighted by molar-refractivity contribution is 6.10. The van der Waals surface area contributed by atoms with Crippen molar-refractivity contribution in [3.63, 3.8) is 0 Å². The zero-order valence-corrected chi connectivity index (χ0v) is 31.6. The minimum atomic E-state index is -0.580. The first-order valence-electron chi connectivity index (χ1n) is 19.7. The molecule has 4 heterocycles. The van der Waals surface area contributed by atoms with E-state index in [0.717, 1.165) is 62.1 Å². The zero-order valence-electron chi connectivity index (χ0n) is 31.6. The lowest BCUT2D eigenvalue weighted by molar-refractivity contribution is 0.727. The van der Waals surface area contributed by atoms with Gasteiger partial charge < -0.3 is 4.90 Å². The Morgan fingerprint density at radius 1 is 0.414 bits per heavy atom. The van der Waals surface area contributed by atoms with Gasteiger partial charge in [-0.1, -0.05) is 140 Å². The number of aromatic nitrogens is 3. The Balaban J connectivity index is 1.10. The first kappa shape index (κ1) is 33.6. The van der Waals surface area contributed by atoms with Gasteiger partial charge in [0.15, 0.2) is 0 Å². The highest BCUT2D eigenvalue weighted by atomic mass is 15.2. The molecule has 1 aliphatic heterocycles. The van der Waals surface area contributed by atoms with Gasteiger partial charge in [0, 0.05) is 34.0 Å². The lowest BCUT2D eigenvalue weighted by Crippen LogP contribution is -2.38. The fraction of sp³-hybridized carbons (Fsp3) is 0.0189. The first-order valence-corrected chi connectivity index (χ1v) is 19.7. The van der Waals surface area contributed by atoms with E-state index in [1.807, 2.05) is 12.4 Å². The second-order valence-corrected chi connectivity index (χ2v) is 14.6. The Hall–Kier alpha value is -7.76. The van der Waals surface area contributed by atoms with Crippen LogP contribution in [-0.4, -0.2) is 14.5 Å². The number of fused-ring (bicyclic) bond motifs is 5. The van der Waals surface area contributed by atoms with Crippen LogP contribution in [-0.2, 0) is 5.41 Å². The summed E-state index contributed by atoms with van der Waals surface area (Å²) in [6, 6.07) is 75.5. The number of nitrogens with zero attached hydrogens (tertiary/aromatic N) is 5. The van der Waals surface area contributed by atoms with Gasteiger partial charge in [-0.05, 0) is 95.1 Å². The molecule has 274 valence electrons. The summed E-state index contributed by atoms with van der Waals surface area (Å²) in [5, 5.41) is 2.33. The minimum Gasteiger partial charge on any atom is -0.310 e. The summed E-state index contributed by atoms with van der Waals surface area (Å²) in [5.74, 6) is 1.65. The average Bonchev–Trinajstić information content (AvgIpc) is 3.63. The van der Waals surface area contributed by atoms with E-state index in [0.29, 0.717) is 0 Å². The fourth-order valence-corrected chi connectivity index (χ4v) is 9.16. The van der Waals surface area contributed by atoms with Crippen LogP contribution >= 0.6 is 0 Å². The molecule has 58 heavy (non-hydrogen) atoms. The van der Waals surface area contributed by atoms with Crippen LogP contribution in [0.3, 0.4) is 0 Å². The average molecular weight is 744 g/mol. The van der Waals surface area contributed by atoms with Gasteiger partial charge in [-0.25, -0.2) is 4.98 Å². The lowest BCUT2D eigenvalue weighted by atomic mass is 9.63. The van der Waals surface area contributed by atoms with E-state index in [1.165, 1.54) is 22.1 Å². The molecule has 0 unspecified atom stereocenters. The van der Waals surface area contributed by atoms with E-state index >= 15 is 0 Å². The smallest absolute Gasteiger partial charge is 0.140 e. The molecule has 0 bridgehead atoms. The molecule has 10 aromatic rings. The molecule has 0 saturated carbocycles. The number of para-hydroxylation sites is 4. The normalized spacial score (nSPS) is 12.9. The number of pyridine rings is 2. The van der Waals surface area contributed by atoms with E-state index in [2.05, 4.69) is 227 Å². The highest BCUT2D eigenvalue weighted by Gasteiger charge is 2.46. The van der Waals surface area contributed by atoms with Gasteiger partial charge in [0.05, 0.1) is 34.0 Å². The van der Waals surface area contributed by atoms with Gasteiger partial charge in [0.2, 0.25) is 0 Å². The maximum Gasteiger partial charge on any atom is 0.140 e. The van der Waals surface area contributed by atoms with Gasteiger partial charge in [-0.2, -0.15) is 0 Å². The number of hydrogen-bond acceptors (Lipinski definition) is 4. The van der Waals surface area contributed by atoms with Gasteiger partial charge in [0.25, 0.3) is 0 Å². The Morgan fingerprint density at radius 3 is 1.69 bits per heavy atom. The van der Waals surface area contributed by atoms with Crippen LogP contribution < -0.4 is 9.80 Å². The lowest BCUT2D eigenvalue weighted by Gasteiger charge is -2.45. The summed E-state index contributed by atoms with van der Waals surface area (Å²) >= 11 is 0. The van der Waals surface area contributed by atoms with Gasteiger partial charge in [-0.15, -0.1) is 0 Å². The van der Waals surface area contributed by atoms with E-state index < -0.39 is 5.41 Å². The fourth-order valence-electron chi connectivity index (χ4n) is 9.16. The molecule has 11 rings (SSSR count). The van der Waals surface area contributed by atoms with Crippen LogP contribution in [0.4, 0.5) is 34.3 Å². The van der Waals surface area contributed by atoms with Crippen molar-refractivity contribution in [2.45, 2.75) is 5.41 Å². The molecule has 0 N–H and O–H groups in total. The summed E-state index contributed by atoms with van der Waals surface area (Å²) in [5.41, 5.74) is 11.7. The molecular weight excluding hydrogens is 707 g/mol. The van der Waals surface area contributed by atoms with Crippen LogP contribution in [0.5, 0.6) is 0 Å². The molecule has 1 aliphatic rings. The molecular formula is C53H37N5. The third-order valence-corrected chi connectivity index (χ3v) is 11.5. The summed E-state index contributed by atoms with van der Waals surface area (Å²) < 4.78 is 2.30. The first-order chi connectivity index (χ1) is 28.8. The van der Waals surface area contributed by atoms with Crippen LogP contribution in [0.15, 0.2) is 225 Å². The molecule has 0 saturated heterocycles. The summed E-state index contributed by atoms with van der Waals surface area (Å²) in [7, 11) is 0. The van der Waals surface area contributed by atoms with Crippen molar-refractivity contribution in [2.75, 3.05) is 9.80 Å². The van der Waals surface area contributed by atoms with E-state index in [9.17, 15) is 0 Å². The third kappa shape index (κ3) is 5.17. The maximum atomic E-state index is 5.53. The van der Waals surface area contributed by atoms with Crippen LogP contribution in [0.25, 0.3) is 27.6 Å². The molecule has 0 aliphatic carbocycles. The van der Waals surface area contributed by atoms with Crippen molar-refractivity contribution < 1.29 is 0 Å². The molecule has 0 spiro atoms. The third-order valence-electron chi connectivity index (χ3n) is 11.5. The summed E-state index contributed by atoms with van der Waals surface area (Å²) in [4.78, 5) is 14.9. The van der Waals surface area contributed by atoms with Crippen LogP contribution in [0, 0.1) is 0 Å². The number of rotatable bonds is 7. The monoisotopic (exact) mass is 743 g/mol. The standard InChI is InChI=1S/C53H37N5/c1-5-18-38(19-6-1)53(39-20-7-2-8-21-39)45-27-14-16-29-49(45)58(50-37-54-35-34-46(50)53)52-31-17-30-51(55-52)57-47-28-15-13-26-43(47)44-36-42(32-33-48(44)57)56(40-22-9-3-10-23-40)41-24-11-4-12-25-41/h1-37H. The molecule has 5 heteroatoms. The molecule has 0 fully saturated rings. The highest BCUT2D eigenvalue weighted by Crippen LogP contribution is 2.57. The van der Waals surface area contributed by atoms with Gasteiger partial charge in [0.1, 0.15) is 11.6 Å². The Kier molecular flexibility index (Phi) is 7.97. The molecule has 0 atom stereocenters. The Morgan fingerprint density at radius 2 is 0.983 bits per heavy atom. The minimum absolute atomic E-state index is 0.580. The van der Waals surface area contributed by atoms with E-state index in [-0.39, 0.29) is 0 Å². The largest absolute Gasteiger partial charge is 0.310 e. The van der Waals surface area contributed by atoms with Crippen molar-refractivity contribution in [1.82, 2.24) is 14.5 Å². The Labute approximate surface area is 337 Å². The topological polar surface area (TPSA) is 37.2 Å². The van der Waals surface area contributed by atoms with Gasteiger partial charge >= 0.3 is 0 Å². The molecule has 5 nitrogen and oxygen atoms in total. The van der Waals surface area contributed by atoms with E-state index in [4.69, 9.17) is 9.97 Å². The van der Waals surface area contributed by atoms with Crippen molar-refractivity contribution >= 4 is 56.1 Å². The summed E-state index contributed by atoms with van der Waals surface area (Å²) in [6.45, 7) is 0. The SMILES string of the molecule is c1ccc(N(c2ccccc2)c2ccc3c(c2)c2ccccc2n3-c2cccc(N3c4ccccc4C(c4ccccc4)(c4ccccc4)c4ccncc43)n2)cc1.